The van der Waals surface area contributed by atoms with Crippen molar-refractivity contribution in [3.05, 3.63) is 87.5 Å². The summed E-state index contributed by atoms with van der Waals surface area (Å²) < 4.78 is 1.60. The lowest BCUT2D eigenvalue weighted by atomic mass is 9.91. The van der Waals surface area contributed by atoms with Crippen LogP contribution in [0.25, 0.3) is 0 Å². The number of anilines is 1. The van der Waals surface area contributed by atoms with E-state index in [0.29, 0.717) is 11.3 Å². The van der Waals surface area contributed by atoms with Crippen molar-refractivity contribution in [1.29, 1.82) is 5.41 Å². The smallest absolute Gasteiger partial charge is 0.253 e. The second-order valence-electron chi connectivity index (χ2n) is 7.13. The lowest BCUT2D eigenvalue weighted by Crippen LogP contribution is -2.32. The summed E-state index contributed by atoms with van der Waals surface area (Å²) in [6.45, 7) is 9.65. The van der Waals surface area contributed by atoms with Crippen LogP contribution in [0.3, 0.4) is 0 Å². The standard InChI is InChI=1S/C23H30N4O/c1-8-20(24)21(17(4)25-5)22(18-11-9-15(2)10-12-18)27(7)19-13-16(3)23(28)26(6)14-19/h8-14,22,24-25H,1H2,2-7H3/b21-17+,24-20?. The van der Waals surface area contributed by atoms with E-state index >= 15 is 0 Å². The number of hydrogen-bond acceptors (Lipinski definition) is 4. The van der Waals surface area contributed by atoms with Gasteiger partial charge in [-0.3, -0.25) is 4.79 Å². The molecule has 0 aliphatic rings. The molecule has 1 atom stereocenters. The van der Waals surface area contributed by atoms with Gasteiger partial charge in [-0.2, -0.15) is 0 Å². The van der Waals surface area contributed by atoms with Crippen molar-refractivity contribution < 1.29 is 0 Å². The van der Waals surface area contributed by atoms with Crippen LogP contribution in [0.2, 0.25) is 0 Å². The number of likely N-dealkylation sites (N-methyl/N-ethyl adjacent to an activating group) is 1. The maximum atomic E-state index is 12.1. The van der Waals surface area contributed by atoms with Gasteiger partial charge in [0.25, 0.3) is 5.56 Å². The summed E-state index contributed by atoms with van der Waals surface area (Å²) in [5.74, 6) is 0. The first-order chi connectivity index (χ1) is 13.2. The van der Waals surface area contributed by atoms with Crippen LogP contribution in [-0.4, -0.2) is 24.4 Å². The third kappa shape index (κ3) is 4.25. The number of pyridine rings is 1. The van der Waals surface area contributed by atoms with Crippen LogP contribution in [-0.2, 0) is 7.05 Å². The summed E-state index contributed by atoms with van der Waals surface area (Å²) in [5.41, 5.74) is 5.94. The molecule has 0 fully saturated rings. The zero-order valence-corrected chi connectivity index (χ0v) is 17.6. The van der Waals surface area contributed by atoms with Gasteiger partial charge in [-0.15, -0.1) is 0 Å². The molecule has 0 spiro atoms. The summed E-state index contributed by atoms with van der Waals surface area (Å²) in [6, 6.07) is 10.0. The van der Waals surface area contributed by atoms with Crippen molar-refractivity contribution in [3.8, 4) is 0 Å². The molecule has 0 bridgehead atoms. The van der Waals surface area contributed by atoms with Gasteiger partial charge in [-0.25, -0.2) is 0 Å². The molecule has 2 aromatic rings. The van der Waals surface area contributed by atoms with Crippen molar-refractivity contribution >= 4 is 11.4 Å². The number of hydrogen-bond donors (Lipinski definition) is 2. The zero-order valence-electron chi connectivity index (χ0n) is 17.6. The minimum atomic E-state index is -0.213. The Hall–Kier alpha value is -3.08. The second kappa shape index (κ2) is 8.74. The maximum absolute atomic E-state index is 12.1. The van der Waals surface area contributed by atoms with Crippen molar-refractivity contribution in [1.82, 2.24) is 9.88 Å². The van der Waals surface area contributed by atoms with Crippen LogP contribution < -0.4 is 15.8 Å². The van der Waals surface area contributed by atoms with Gasteiger partial charge in [-0.1, -0.05) is 36.4 Å². The van der Waals surface area contributed by atoms with Crippen molar-refractivity contribution in [2.45, 2.75) is 26.8 Å². The Morgan fingerprint density at radius 2 is 1.89 bits per heavy atom. The molecule has 5 heteroatoms. The maximum Gasteiger partial charge on any atom is 0.253 e. The van der Waals surface area contributed by atoms with E-state index in [0.717, 1.165) is 22.5 Å². The monoisotopic (exact) mass is 378 g/mol. The number of rotatable bonds is 7. The molecule has 0 radical (unpaired) electrons. The fourth-order valence-electron chi connectivity index (χ4n) is 3.33. The van der Waals surface area contributed by atoms with Gasteiger partial charge in [0.05, 0.1) is 17.4 Å². The highest BCUT2D eigenvalue weighted by Gasteiger charge is 2.26. The van der Waals surface area contributed by atoms with E-state index in [1.807, 2.05) is 40.2 Å². The molecule has 0 aliphatic heterocycles. The molecule has 0 saturated heterocycles. The van der Waals surface area contributed by atoms with Crippen LogP contribution in [0.1, 0.15) is 29.7 Å². The van der Waals surface area contributed by atoms with Gasteiger partial charge in [0, 0.05) is 44.2 Å². The average molecular weight is 379 g/mol. The van der Waals surface area contributed by atoms with Crippen LogP contribution in [0, 0.1) is 19.3 Å². The molecular weight excluding hydrogens is 348 g/mol. The Bertz CT molecular complexity index is 941. The molecule has 0 saturated carbocycles. The number of aromatic nitrogens is 1. The number of allylic oxidation sites excluding steroid dienone is 2. The number of nitrogens with one attached hydrogen (secondary N) is 2. The lowest BCUT2D eigenvalue weighted by molar-refractivity contribution is 0.752. The molecule has 5 nitrogen and oxygen atoms in total. The first-order valence-corrected chi connectivity index (χ1v) is 9.27. The molecule has 0 amide bonds. The SMILES string of the molecule is C=CC(=N)/C(=C(/C)NC)C(c1ccc(C)cc1)N(C)c1cc(C)c(=O)n(C)c1. The summed E-state index contributed by atoms with van der Waals surface area (Å²) in [4.78, 5) is 14.2. The predicted octanol–water partition coefficient (Wildman–Crippen LogP) is 3.88. The number of benzene rings is 1. The Kier molecular flexibility index (Phi) is 6.62. The van der Waals surface area contributed by atoms with E-state index in [-0.39, 0.29) is 11.6 Å². The summed E-state index contributed by atoms with van der Waals surface area (Å²) >= 11 is 0. The van der Waals surface area contributed by atoms with Gasteiger partial charge < -0.3 is 20.2 Å². The van der Waals surface area contributed by atoms with Crippen molar-refractivity contribution in [3.63, 3.8) is 0 Å². The quantitative estimate of drug-likeness (QED) is 0.719. The van der Waals surface area contributed by atoms with Gasteiger partial charge >= 0.3 is 0 Å². The van der Waals surface area contributed by atoms with E-state index in [2.05, 4.69) is 48.0 Å². The van der Waals surface area contributed by atoms with Crippen LogP contribution >= 0.6 is 0 Å². The molecule has 1 aromatic carbocycles. The summed E-state index contributed by atoms with van der Waals surface area (Å²) in [6.07, 6.45) is 3.40. The fraction of sp³-hybridized carbons (Fsp3) is 0.304. The molecule has 28 heavy (non-hydrogen) atoms. The van der Waals surface area contributed by atoms with Gasteiger partial charge in [0.15, 0.2) is 0 Å². The minimum Gasteiger partial charge on any atom is -0.391 e. The number of nitrogens with zero attached hydrogens (tertiary/aromatic N) is 2. The van der Waals surface area contributed by atoms with Crippen molar-refractivity contribution in [2.75, 3.05) is 19.0 Å². The highest BCUT2D eigenvalue weighted by Crippen LogP contribution is 2.34. The largest absolute Gasteiger partial charge is 0.391 e. The highest BCUT2D eigenvalue weighted by molar-refractivity contribution is 6.07. The topological polar surface area (TPSA) is 61.1 Å². The van der Waals surface area contributed by atoms with Gasteiger partial charge in [-0.05, 0) is 38.5 Å². The van der Waals surface area contributed by atoms with Crippen LogP contribution in [0.15, 0.2) is 65.2 Å². The Morgan fingerprint density at radius 3 is 2.39 bits per heavy atom. The summed E-state index contributed by atoms with van der Waals surface area (Å²) in [7, 11) is 5.60. The first kappa shape index (κ1) is 21.2. The number of aryl methyl sites for hydroxylation is 3. The Morgan fingerprint density at radius 1 is 1.29 bits per heavy atom. The zero-order chi connectivity index (χ0) is 21.0. The average Bonchev–Trinajstić information content (AvgIpc) is 2.69. The van der Waals surface area contributed by atoms with E-state index in [9.17, 15) is 4.79 Å². The van der Waals surface area contributed by atoms with E-state index < -0.39 is 0 Å². The molecular formula is C23H30N4O. The molecule has 1 unspecified atom stereocenters. The molecule has 2 rings (SSSR count). The molecule has 2 N–H and O–H groups in total. The molecule has 0 aliphatic carbocycles. The Balaban J connectivity index is 2.74. The van der Waals surface area contributed by atoms with Crippen LogP contribution in [0.5, 0.6) is 0 Å². The van der Waals surface area contributed by atoms with E-state index in [1.54, 1.807) is 17.7 Å². The van der Waals surface area contributed by atoms with Gasteiger partial charge in [0.2, 0.25) is 0 Å². The van der Waals surface area contributed by atoms with Crippen LogP contribution in [0.4, 0.5) is 5.69 Å². The highest BCUT2D eigenvalue weighted by atomic mass is 16.1. The third-order valence-electron chi connectivity index (χ3n) is 5.08. The van der Waals surface area contributed by atoms with E-state index in [1.165, 1.54) is 5.56 Å². The third-order valence-corrected chi connectivity index (χ3v) is 5.08. The van der Waals surface area contributed by atoms with Crippen molar-refractivity contribution in [2.24, 2.45) is 7.05 Å². The second-order valence-corrected chi connectivity index (χ2v) is 7.13. The minimum absolute atomic E-state index is 0.00922. The first-order valence-electron chi connectivity index (χ1n) is 9.27. The molecule has 1 heterocycles. The normalized spacial score (nSPS) is 12.8. The summed E-state index contributed by atoms with van der Waals surface area (Å²) in [5, 5.41) is 11.7. The Labute approximate surface area is 167 Å². The molecule has 1 aromatic heterocycles. The molecule has 148 valence electrons. The van der Waals surface area contributed by atoms with Gasteiger partial charge in [0.1, 0.15) is 0 Å². The van der Waals surface area contributed by atoms with E-state index in [4.69, 9.17) is 5.41 Å². The fourth-order valence-corrected chi connectivity index (χ4v) is 3.33. The predicted molar refractivity (Wildman–Crippen MR) is 118 cm³/mol. The lowest BCUT2D eigenvalue weighted by Gasteiger charge is -2.34.